The second kappa shape index (κ2) is 7.17. The molecule has 0 amide bonds. The van der Waals surface area contributed by atoms with Gasteiger partial charge in [-0.2, -0.15) is 11.8 Å². The second-order valence-electron chi connectivity index (χ2n) is 3.78. The van der Waals surface area contributed by atoms with Gasteiger partial charge in [-0.3, -0.25) is 4.90 Å². The van der Waals surface area contributed by atoms with Crippen LogP contribution in [0.25, 0.3) is 0 Å². The van der Waals surface area contributed by atoms with E-state index in [1.165, 1.54) is 5.56 Å². The largest absolute Gasteiger partial charge is 0.329 e. The fraction of sp³-hybridized carbons (Fsp3) is 0.500. The molecule has 16 heavy (non-hydrogen) atoms. The van der Waals surface area contributed by atoms with Crippen molar-refractivity contribution in [2.45, 2.75) is 6.04 Å². The van der Waals surface area contributed by atoms with E-state index >= 15 is 0 Å². The van der Waals surface area contributed by atoms with Crippen LogP contribution in [0.5, 0.6) is 0 Å². The molecule has 0 aromatic heterocycles. The van der Waals surface area contributed by atoms with E-state index in [1.54, 1.807) is 0 Å². The third-order valence-corrected chi connectivity index (χ3v) is 3.46. The molecule has 1 atom stereocenters. The van der Waals surface area contributed by atoms with Gasteiger partial charge in [0.15, 0.2) is 0 Å². The molecule has 0 fully saturated rings. The van der Waals surface area contributed by atoms with E-state index in [-0.39, 0.29) is 6.04 Å². The third kappa shape index (κ3) is 3.98. The Labute approximate surface area is 107 Å². The highest BCUT2D eigenvalue weighted by atomic mass is 35.5. The zero-order valence-corrected chi connectivity index (χ0v) is 11.4. The number of nitrogens with two attached hydrogens (primary N) is 1. The predicted molar refractivity (Wildman–Crippen MR) is 74.3 cm³/mol. The van der Waals surface area contributed by atoms with Crippen LogP contribution in [0.1, 0.15) is 11.6 Å². The maximum absolute atomic E-state index is 5.99. The van der Waals surface area contributed by atoms with Gasteiger partial charge >= 0.3 is 0 Å². The highest BCUT2D eigenvalue weighted by Gasteiger charge is 2.14. The number of rotatable bonds is 6. The zero-order chi connectivity index (χ0) is 12.0. The fourth-order valence-electron chi connectivity index (χ4n) is 1.68. The summed E-state index contributed by atoms with van der Waals surface area (Å²) >= 11 is 7.84. The lowest BCUT2D eigenvalue weighted by Crippen LogP contribution is -2.32. The van der Waals surface area contributed by atoms with Crippen LogP contribution in [-0.4, -0.2) is 37.0 Å². The molecule has 2 N–H and O–H groups in total. The summed E-state index contributed by atoms with van der Waals surface area (Å²) in [6, 6.07) is 8.20. The molecule has 0 aliphatic rings. The van der Waals surface area contributed by atoms with Gasteiger partial charge in [-0.15, -0.1) is 0 Å². The first-order valence-corrected chi connectivity index (χ1v) is 7.11. The Morgan fingerprint density at radius 1 is 1.50 bits per heavy atom. The molecule has 1 unspecified atom stereocenters. The molecular formula is C12H19ClN2S. The van der Waals surface area contributed by atoms with E-state index < -0.39 is 0 Å². The molecule has 2 nitrogen and oxygen atoms in total. The molecule has 0 spiro atoms. The van der Waals surface area contributed by atoms with Crippen LogP contribution in [0, 0.1) is 0 Å². The molecule has 0 aliphatic carbocycles. The van der Waals surface area contributed by atoms with Gasteiger partial charge in [-0.25, -0.2) is 0 Å². The van der Waals surface area contributed by atoms with E-state index in [1.807, 2.05) is 30.0 Å². The SMILES string of the molecule is CSCCN(C)C(CN)c1cccc(Cl)c1. The van der Waals surface area contributed by atoms with E-state index in [0.717, 1.165) is 17.3 Å². The van der Waals surface area contributed by atoms with Crippen LogP contribution in [0.3, 0.4) is 0 Å². The minimum atomic E-state index is 0.255. The molecule has 1 rings (SSSR count). The van der Waals surface area contributed by atoms with Gasteiger partial charge in [0.1, 0.15) is 0 Å². The van der Waals surface area contributed by atoms with Crippen molar-refractivity contribution in [3.05, 3.63) is 34.9 Å². The average molecular weight is 259 g/mol. The quantitative estimate of drug-likeness (QED) is 0.851. The van der Waals surface area contributed by atoms with Crippen molar-refractivity contribution in [3.63, 3.8) is 0 Å². The Hall–Kier alpha value is -0.220. The number of nitrogens with zero attached hydrogens (tertiary/aromatic N) is 1. The topological polar surface area (TPSA) is 29.3 Å². The first-order valence-electron chi connectivity index (χ1n) is 5.33. The number of hydrogen-bond donors (Lipinski definition) is 1. The van der Waals surface area contributed by atoms with Crippen LogP contribution in [0.4, 0.5) is 0 Å². The molecule has 0 bridgehead atoms. The van der Waals surface area contributed by atoms with Crippen LogP contribution >= 0.6 is 23.4 Å². The van der Waals surface area contributed by atoms with Crippen molar-refractivity contribution >= 4 is 23.4 Å². The number of hydrogen-bond acceptors (Lipinski definition) is 3. The van der Waals surface area contributed by atoms with Gasteiger partial charge < -0.3 is 5.73 Å². The molecule has 1 aromatic carbocycles. The monoisotopic (exact) mass is 258 g/mol. The molecule has 0 aliphatic heterocycles. The fourth-order valence-corrected chi connectivity index (χ4v) is 2.34. The predicted octanol–water partition coefficient (Wildman–Crippen LogP) is 2.63. The highest BCUT2D eigenvalue weighted by Crippen LogP contribution is 2.21. The molecule has 0 saturated carbocycles. The van der Waals surface area contributed by atoms with E-state index in [4.69, 9.17) is 17.3 Å². The van der Waals surface area contributed by atoms with Gasteiger partial charge in [0.25, 0.3) is 0 Å². The number of benzene rings is 1. The van der Waals surface area contributed by atoms with Gasteiger partial charge in [-0.05, 0) is 31.0 Å². The standard InChI is InChI=1S/C12H19ClN2S/c1-15(6-7-16-2)12(9-14)10-4-3-5-11(13)8-10/h3-5,8,12H,6-7,9,14H2,1-2H3. The van der Waals surface area contributed by atoms with E-state index in [0.29, 0.717) is 6.54 Å². The molecule has 90 valence electrons. The van der Waals surface area contributed by atoms with Crippen LogP contribution in [0.15, 0.2) is 24.3 Å². The summed E-state index contributed by atoms with van der Waals surface area (Å²) in [4.78, 5) is 2.28. The molecule has 1 aromatic rings. The molecule has 0 saturated heterocycles. The highest BCUT2D eigenvalue weighted by molar-refractivity contribution is 7.98. The smallest absolute Gasteiger partial charge is 0.0468 e. The lowest BCUT2D eigenvalue weighted by atomic mass is 10.1. The normalized spacial score (nSPS) is 13.1. The first-order chi connectivity index (χ1) is 7.69. The summed E-state index contributed by atoms with van der Waals surface area (Å²) in [5.74, 6) is 1.12. The summed E-state index contributed by atoms with van der Waals surface area (Å²) in [5.41, 5.74) is 7.03. The molecule has 0 heterocycles. The lowest BCUT2D eigenvalue weighted by molar-refractivity contribution is 0.266. The number of halogens is 1. The van der Waals surface area contributed by atoms with Crippen molar-refractivity contribution in [3.8, 4) is 0 Å². The minimum Gasteiger partial charge on any atom is -0.329 e. The number of thioether (sulfide) groups is 1. The molecule has 0 radical (unpaired) electrons. The summed E-state index contributed by atoms with van der Waals surface area (Å²) < 4.78 is 0. The Bertz CT molecular complexity index is 320. The average Bonchev–Trinajstić information content (AvgIpc) is 2.27. The molecular weight excluding hydrogens is 240 g/mol. The number of likely N-dealkylation sites (N-methyl/N-ethyl adjacent to an activating group) is 1. The van der Waals surface area contributed by atoms with Crippen LogP contribution in [-0.2, 0) is 0 Å². The van der Waals surface area contributed by atoms with Crippen molar-refractivity contribution in [2.24, 2.45) is 5.73 Å². The van der Waals surface area contributed by atoms with Crippen LogP contribution in [0.2, 0.25) is 5.02 Å². The van der Waals surface area contributed by atoms with Crippen molar-refractivity contribution < 1.29 is 0 Å². The summed E-state index contributed by atoms with van der Waals surface area (Å²) in [7, 11) is 2.11. The van der Waals surface area contributed by atoms with E-state index in [2.05, 4.69) is 24.3 Å². The Kier molecular flexibility index (Phi) is 6.21. The summed E-state index contributed by atoms with van der Waals surface area (Å²) in [6.45, 7) is 1.65. The van der Waals surface area contributed by atoms with Crippen molar-refractivity contribution in [1.82, 2.24) is 4.90 Å². The van der Waals surface area contributed by atoms with Gasteiger partial charge in [0.05, 0.1) is 0 Å². The van der Waals surface area contributed by atoms with Crippen LogP contribution < -0.4 is 5.73 Å². The van der Waals surface area contributed by atoms with Crippen molar-refractivity contribution in [2.75, 3.05) is 32.1 Å². The Balaban J connectivity index is 2.73. The maximum Gasteiger partial charge on any atom is 0.0468 e. The Morgan fingerprint density at radius 3 is 2.81 bits per heavy atom. The molecule has 4 heteroatoms. The summed E-state index contributed by atoms with van der Waals surface area (Å²) in [5, 5.41) is 0.772. The third-order valence-electron chi connectivity index (χ3n) is 2.64. The zero-order valence-electron chi connectivity index (χ0n) is 9.82. The van der Waals surface area contributed by atoms with Gasteiger partial charge in [-0.1, -0.05) is 23.7 Å². The van der Waals surface area contributed by atoms with E-state index in [9.17, 15) is 0 Å². The second-order valence-corrected chi connectivity index (χ2v) is 5.20. The minimum absolute atomic E-state index is 0.255. The maximum atomic E-state index is 5.99. The first kappa shape index (κ1) is 13.8. The van der Waals surface area contributed by atoms with Crippen molar-refractivity contribution in [1.29, 1.82) is 0 Å². The lowest BCUT2D eigenvalue weighted by Gasteiger charge is -2.27. The van der Waals surface area contributed by atoms with Gasteiger partial charge in [0.2, 0.25) is 0 Å². The summed E-state index contributed by atoms with van der Waals surface area (Å²) in [6.07, 6.45) is 2.12. The van der Waals surface area contributed by atoms with Gasteiger partial charge in [0, 0.05) is 29.9 Å². The Morgan fingerprint density at radius 2 is 2.25 bits per heavy atom.